The van der Waals surface area contributed by atoms with Gasteiger partial charge in [0.15, 0.2) is 0 Å². The Balaban J connectivity index is 1.66. The van der Waals surface area contributed by atoms with Gasteiger partial charge in [-0.05, 0) is 37.3 Å². The number of methoxy groups -OCH3 is 2. The Labute approximate surface area is 157 Å². The molecule has 0 saturated carbocycles. The molecule has 140 valence electrons. The molecule has 0 aliphatic rings. The molecule has 6 nitrogen and oxygen atoms in total. The van der Waals surface area contributed by atoms with Gasteiger partial charge >= 0.3 is 5.97 Å². The van der Waals surface area contributed by atoms with Gasteiger partial charge in [-0.25, -0.2) is 4.98 Å². The van der Waals surface area contributed by atoms with Crippen LogP contribution in [-0.2, 0) is 22.6 Å². The van der Waals surface area contributed by atoms with Crippen LogP contribution in [0.5, 0.6) is 11.5 Å². The van der Waals surface area contributed by atoms with E-state index < -0.39 is 5.97 Å². The molecule has 0 radical (unpaired) electrons. The smallest absolute Gasteiger partial charge is 0.312 e. The maximum Gasteiger partial charge on any atom is 0.312 e. The van der Waals surface area contributed by atoms with E-state index >= 15 is 0 Å². The van der Waals surface area contributed by atoms with Gasteiger partial charge in [-0.15, -0.1) is 0 Å². The predicted octanol–water partition coefficient (Wildman–Crippen LogP) is 3.95. The number of aryl methyl sites for hydroxylation is 1. The lowest BCUT2D eigenvalue weighted by molar-refractivity contribution is -0.144. The molecule has 3 rings (SSSR count). The summed E-state index contributed by atoms with van der Waals surface area (Å²) in [4.78, 5) is 16.7. The van der Waals surface area contributed by atoms with Crippen LogP contribution in [0.3, 0.4) is 0 Å². The van der Waals surface area contributed by atoms with Crippen LogP contribution in [0.1, 0.15) is 17.0 Å². The number of aromatic nitrogens is 1. The van der Waals surface area contributed by atoms with E-state index in [1.807, 2.05) is 30.3 Å². The summed E-state index contributed by atoms with van der Waals surface area (Å²) in [6, 6.07) is 14.9. The van der Waals surface area contributed by atoms with Crippen LogP contribution in [0, 0.1) is 6.92 Å². The van der Waals surface area contributed by atoms with Crippen molar-refractivity contribution in [1.82, 2.24) is 4.98 Å². The summed E-state index contributed by atoms with van der Waals surface area (Å²) in [5.74, 6) is 2.00. The van der Waals surface area contributed by atoms with Gasteiger partial charge in [-0.2, -0.15) is 0 Å². The first-order valence-corrected chi connectivity index (χ1v) is 8.49. The minimum Gasteiger partial charge on any atom is -0.497 e. The second kappa shape index (κ2) is 8.40. The fourth-order valence-electron chi connectivity index (χ4n) is 2.64. The first-order chi connectivity index (χ1) is 13.1. The van der Waals surface area contributed by atoms with E-state index in [2.05, 4.69) is 4.98 Å². The lowest BCUT2D eigenvalue weighted by atomic mass is 10.2. The van der Waals surface area contributed by atoms with Crippen molar-refractivity contribution in [2.75, 3.05) is 14.2 Å². The van der Waals surface area contributed by atoms with Crippen LogP contribution in [0.4, 0.5) is 0 Å². The molecule has 0 amide bonds. The topological polar surface area (TPSA) is 70.8 Å². The predicted molar refractivity (Wildman–Crippen MR) is 99.7 cm³/mol. The highest BCUT2D eigenvalue weighted by Crippen LogP contribution is 2.25. The highest BCUT2D eigenvalue weighted by Gasteiger charge is 2.16. The normalized spacial score (nSPS) is 10.5. The Hall–Kier alpha value is -3.28. The number of carbonyl (C=O) groups is 1. The molecule has 27 heavy (non-hydrogen) atoms. The summed E-state index contributed by atoms with van der Waals surface area (Å²) in [5.41, 5.74) is 2.16. The Bertz CT molecular complexity index is 918. The third-order valence-corrected chi connectivity index (χ3v) is 4.10. The fourth-order valence-corrected chi connectivity index (χ4v) is 2.64. The van der Waals surface area contributed by atoms with Gasteiger partial charge in [0.05, 0.1) is 26.3 Å². The largest absolute Gasteiger partial charge is 0.497 e. The number of oxazole rings is 1. The zero-order valence-corrected chi connectivity index (χ0v) is 15.5. The molecule has 0 saturated heterocycles. The molecule has 1 heterocycles. The zero-order chi connectivity index (χ0) is 19.2. The standard InChI is InChI=1S/C21H21NO5/c1-14-18(22-21(27-14)15-7-5-4-6-8-15)12-20(23)26-13-16-11-17(24-2)9-10-19(16)25-3/h4-11H,12-13H2,1-3H3. The molecule has 3 aromatic rings. The summed E-state index contributed by atoms with van der Waals surface area (Å²) >= 11 is 0. The maximum absolute atomic E-state index is 12.3. The molecule has 0 unspecified atom stereocenters. The monoisotopic (exact) mass is 367 g/mol. The van der Waals surface area contributed by atoms with E-state index in [0.29, 0.717) is 28.8 Å². The minimum atomic E-state index is -0.393. The molecule has 0 bridgehead atoms. The highest BCUT2D eigenvalue weighted by atomic mass is 16.5. The van der Waals surface area contributed by atoms with Crippen molar-refractivity contribution >= 4 is 5.97 Å². The number of rotatable bonds is 7. The number of ether oxygens (including phenoxy) is 3. The average Bonchev–Trinajstić information content (AvgIpc) is 3.07. The van der Waals surface area contributed by atoms with Crippen LogP contribution in [0.15, 0.2) is 52.9 Å². The van der Waals surface area contributed by atoms with Crippen molar-refractivity contribution in [2.45, 2.75) is 20.0 Å². The highest BCUT2D eigenvalue weighted by molar-refractivity contribution is 5.72. The fraction of sp³-hybridized carbons (Fsp3) is 0.238. The molecule has 0 spiro atoms. The zero-order valence-electron chi connectivity index (χ0n) is 15.5. The average molecular weight is 367 g/mol. The molecule has 0 N–H and O–H groups in total. The second-order valence-electron chi connectivity index (χ2n) is 5.90. The van der Waals surface area contributed by atoms with Crippen LogP contribution in [0.2, 0.25) is 0 Å². The summed E-state index contributed by atoms with van der Waals surface area (Å²) in [5, 5.41) is 0. The lowest BCUT2D eigenvalue weighted by Gasteiger charge is -2.10. The molecular formula is C21H21NO5. The Morgan fingerprint density at radius 2 is 1.85 bits per heavy atom. The molecule has 0 atom stereocenters. The van der Waals surface area contributed by atoms with Gasteiger partial charge in [0.1, 0.15) is 23.9 Å². The van der Waals surface area contributed by atoms with Gasteiger partial charge in [-0.1, -0.05) is 18.2 Å². The summed E-state index contributed by atoms with van der Waals surface area (Å²) < 4.78 is 21.6. The van der Waals surface area contributed by atoms with E-state index in [9.17, 15) is 4.79 Å². The molecule has 0 aliphatic carbocycles. The first kappa shape index (κ1) is 18.5. The summed E-state index contributed by atoms with van der Waals surface area (Å²) in [6.07, 6.45) is 0.0362. The van der Waals surface area contributed by atoms with Crippen molar-refractivity contribution < 1.29 is 23.4 Å². The Morgan fingerprint density at radius 3 is 2.56 bits per heavy atom. The third-order valence-electron chi connectivity index (χ3n) is 4.10. The van der Waals surface area contributed by atoms with Gasteiger partial charge < -0.3 is 18.6 Å². The van der Waals surface area contributed by atoms with Crippen molar-refractivity contribution in [3.63, 3.8) is 0 Å². The van der Waals surface area contributed by atoms with Gasteiger partial charge in [0, 0.05) is 11.1 Å². The van der Waals surface area contributed by atoms with E-state index in [1.54, 1.807) is 39.3 Å². The lowest BCUT2D eigenvalue weighted by Crippen LogP contribution is -2.09. The SMILES string of the molecule is COc1ccc(OC)c(COC(=O)Cc2nc(-c3ccccc3)oc2C)c1. The van der Waals surface area contributed by atoms with Crippen LogP contribution in [-0.4, -0.2) is 25.2 Å². The molecule has 6 heteroatoms. The molecule has 0 aliphatic heterocycles. The van der Waals surface area contributed by atoms with Crippen LogP contribution < -0.4 is 9.47 Å². The first-order valence-electron chi connectivity index (χ1n) is 8.49. The van der Waals surface area contributed by atoms with Crippen molar-refractivity contribution in [3.8, 4) is 23.0 Å². The summed E-state index contributed by atoms with van der Waals surface area (Å²) in [6.45, 7) is 1.87. The number of carbonyl (C=O) groups excluding carboxylic acids is 1. The van der Waals surface area contributed by atoms with E-state index in [1.165, 1.54) is 0 Å². The minimum absolute atomic E-state index is 0.0362. The molecule has 1 aromatic heterocycles. The van der Waals surface area contributed by atoms with E-state index in [0.717, 1.165) is 11.1 Å². The van der Waals surface area contributed by atoms with Gasteiger partial charge in [0.25, 0.3) is 0 Å². The van der Waals surface area contributed by atoms with Crippen molar-refractivity contribution in [3.05, 3.63) is 65.5 Å². The number of esters is 1. The number of hydrogen-bond donors (Lipinski definition) is 0. The summed E-state index contributed by atoms with van der Waals surface area (Å²) in [7, 11) is 3.15. The molecular weight excluding hydrogens is 346 g/mol. The van der Waals surface area contributed by atoms with Crippen LogP contribution in [0.25, 0.3) is 11.5 Å². The number of nitrogens with zero attached hydrogens (tertiary/aromatic N) is 1. The second-order valence-corrected chi connectivity index (χ2v) is 5.90. The van der Waals surface area contributed by atoms with Crippen molar-refractivity contribution in [1.29, 1.82) is 0 Å². The van der Waals surface area contributed by atoms with Gasteiger partial charge in [-0.3, -0.25) is 4.79 Å². The van der Waals surface area contributed by atoms with Crippen molar-refractivity contribution in [2.24, 2.45) is 0 Å². The van der Waals surface area contributed by atoms with E-state index in [-0.39, 0.29) is 13.0 Å². The molecule has 0 fully saturated rings. The maximum atomic E-state index is 12.3. The Kier molecular flexibility index (Phi) is 5.76. The third kappa shape index (κ3) is 4.47. The Morgan fingerprint density at radius 1 is 1.07 bits per heavy atom. The number of benzene rings is 2. The van der Waals surface area contributed by atoms with Gasteiger partial charge in [0.2, 0.25) is 5.89 Å². The van der Waals surface area contributed by atoms with Crippen LogP contribution >= 0.6 is 0 Å². The molecule has 2 aromatic carbocycles. The van der Waals surface area contributed by atoms with E-state index in [4.69, 9.17) is 18.6 Å². The number of hydrogen-bond acceptors (Lipinski definition) is 6. The quantitative estimate of drug-likeness (QED) is 0.589.